The summed E-state index contributed by atoms with van der Waals surface area (Å²) < 4.78 is 31.9. The molecule has 0 aliphatic rings. The molecule has 2 N–H and O–H groups in total. The smallest absolute Gasteiger partial charge is 0.137 e. The zero-order valence-corrected chi connectivity index (χ0v) is 18.5. The van der Waals surface area contributed by atoms with E-state index < -0.39 is 17.2 Å². The number of nitrogens with zero attached hydrogens (tertiary/aromatic N) is 6. The van der Waals surface area contributed by atoms with Gasteiger partial charge < -0.3 is 10.4 Å². The highest BCUT2D eigenvalue weighted by Gasteiger charge is 2.33. The van der Waals surface area contributed by atoms with Crippen molar-refractivity contribution in [1.82, 2.24) is 35.1 Å². The van der Waals surface area contributed by atoms with Gasteiger partial charge in [-0.1, -0.05) is 39.3 Å². The molecule has 0 radical (unpaired) electrons. The summed E-state index contributed by atoms with van der Waals surface area (Å²) >= 11 is 3.45. The lowest BCUT2D eigenvalue weighted by molar-refractivity contribution is 0.0117. The van der Waals surface area contributed by atoms with E-state index in [4.69, 9.17) is 0 Å². The highest BCUT2D eigenvalue weighted by Crippen LogP contribution is 2.26. The predicted octanol–water partition coefficient (Wildman–Crippen LogP) is 2.64. The van der Waals surface area contributed by atoms with Crippen molar-refractivity contribution >= 4 is 15.9 Å². The maximum Gasteiger partial charge on any atom is 0.137 e. The van der Waals surface area contributed by atoms with Crippen LogP contribution < -0.4 is 5.32 Å². The van der Waals surface area contributed by atoms with Crippen LogP contribution in [0.1, 0.15) is 16.8 Å². The van der Waals surface area contributed by atoms with Crippen molar-refractivity contribution < 1.29 is 13.9 Å². The van der Waals surface area contributed by atoms with Gasteiger partial charge in [-0.2, -0.15) is 5.10 Å². The number of aromatic nitrogens is 6. The largest absolute Gasteiger partial charge is 0.382 e. The zero-order chi connectivity index (χ0) is 22.6. The van der Waals surface area contributed by atoms with Crippen LogP contribution >= 0.6 is 15.9 Å². The minimum absolute atomic E-state index is 0.0338. The van der Waals surface area contributed by atoms with E-state index in [9.17, 15) is 13.9 Å². The van der Waals surface area contributed by atoms with Gasteiger partial charge in [0.2, 0.25) is 0 Å². The summed E-state index contributed by atoms with van der Waals surface area (Å²) in [6, 6.07) is 11.0. The Morgan fingerprint density at radius 1 is 1.12 bits per heavy atom. The number of nitrogens with one attached hydrogen (secondary N) is 1. The summed E-state index contributed by atoms with van der Waals surface area (Å²) in [4.78, 5) is 3.85. The molecule has 0 saturated heterocycles. The number of hydrogen-bond donors (Lipinski definition) is 2. The summed E-state index contributed by atoms with van der Waals surface area (Å²) in [6.45, 7) is 0.746. The van der Waals surface area contributed by atoms with E-state index in [0.29, 0.717) is 18.8 Å². The van der Waals surface area contributed by atoms with Gasteiger partial charge in [0.25, 0.3) is 0 Å². The van der Waals surface area contributed by atoms with Crippen molar-refractivity contribution in [3.8, 4) is 0 Å². The first-order chi connectivity index (χ1) is 15.4. The van der Waals surface area contributed by atoms with Crippen LogP contribution in [0, 0.1) is 11.6 Å². The summed E-state index contributed by atoms with van der Waals surface area (Å²) in [5, 5.41) is 26.6. The predicted molar refractivity (Wildman–Crippen MR) is 115 cm³/mol. The molecule has 32 heavy (non-hydrogen) atoms. The first-order valence-corrected chi connectivity index (χ1v) is 10.6. The molecule has 166 valence electrons. The van der Waals surface area contributed by atoms with Gasteiger partial charge in [-0.3, -0.25) is 0 Å². The molecule has 0 aliphatic heterocycles. The second-order valence-corrected chi connectivity index (χ2v) is 8.31. The number of aliphatic hydroxyl groups is 1. The molecule has 2 aromatic heterocycles. The molecule has 0 aliphatic carbocycles. The Balaban J connectivity index is 1.44. The third-order valence-electron chi connectivity index (χ3n) is 4.87. The van der Waals surface area contributed by atoms with Gasteiger partial charge in [0.05, 0.1) is 25.0 Å². The highest BCUT2D eigenvalue weighted by atomic mass is 79.9. The lowest BCUT2D eigenvalue weighted by Crippen LogP contribution is -2.42. The van der Waals surface area contributed by atoms with Crippen molar-refractivity contribution in [3.05, 3.63) is 94.2 Å². The van der Waals surface area contributed by atoms with Crippen LogP contribution in [0.3, 0.4) is 0 Å². The fourth-order valence-electron chi connectivity index (χ4n) is 3.40. The Labute approximate surface area is 191 Å². The van der Waals surface area contributed by atoms with Gasteiger partial charge in [-0.25, -0.2) is 23.1 Å². The number of rotatable bonds is 9. The van der Waals surface area contributed by atoms with Crippen molar-refractivity contribution in [2.45, 2.75) is 25.2 Å². The molecule has 0 amide bonds. The maximum atomic E-state index is 14.5. The van der Waals surface area contributed by atoms with Gasteiger partial charge >= 0.3 is 0 Å². The van der Waals surface area contributed by atoms with E-state index in [2.05, 4.69) is 41.6 Å². The van der Waals surface area contributed by atoms with Crippen LogP contribution in [0.25, 0.3) is 0 Å². The molecule has 4 rings (SSSR count). The molecule has 0 bridgehead atoms. The lowest BCUT2D eigenvalue weighted by Gasteiger charge is -2.29. The normalized spacial score (nSPS) is 13.2. The Morgan fingerprint density at radius 3 is 2.75 bits per heavy atom. The van der Waals surface area contributed by atoms with Gasteiger partial charge in [0.15, 0.2) is 0 Å². The second-order valence-electron chi connectivity index (χ2n) is 7.39. The minimum Gasteiger partial charge on any atom is -0.382 e. The first-order valence-electron chi connectivity index (χ1n) is 9.76. The minimum atomic E-state index is -1.70. The molecular weight excluding hydrogens is 484 g/mol. The van der Waals surface area contributed by atoms with Gasteiger partial charge in [0, 0.05) is 29.2 Å². The molecule has 1 unspecified atom stereocenters. The van der Waals surface area contributed by atoms with E-state index in [1.54, 1.807) is 10.9 Å². The van der Waals surface area contributed by atoms with Crippen LogP contribution in [-0.2, 0) is 25.2 Å². The molecule has 0 saturated carbocycles. The molecule has 11 heteroatoms. The Morgan fingerprint density at radius 2 is 2.00 bits per heavy atom. The maximum absolute atomic E-state index is 14.5. The molecule has 2 heterocycles. The van der Waals surface area contributed by atoms with Crippen LogP contribution in [0.2, 0.25) is 0 Å². The van der Waals surface area contributed by atoms with E-state index in [0.717, 1.165) is 22.2 Å². The topological polar surface area (TPSA) is 93.7 Å². The lowest BCUT2D eigenvalue weighted by atomic mass is 9.92. The number of hydrogen-bond acceptors (Lipinski definition) is 6. The number of benzene rings is 2. The molecular formula is C21H20BrF2N7O. The molecule has 0 fully saturated rings. The fourth-order valence-corrected chi connectivity index (χ4v) is 3.85. The van der Waals surface area contributed by atoms with E-state index in [1.807, 2.05) is 24.3 Å². The fraction of sp³-hybridized carbons (Fsp3) is 0.238. The van der Waals surface area contributed by atoms with Crippen molar-refractivity contribution in [2.24, 2.45) is 0 Å². The van der Waals surface area contributed by atoms with Crippen LogP contribution in [-0.4, -0.2) is 41.4 Å². The van der Waals surface area contributed by atoms with Gasteiger partial charge in [-0.05, 0) is 23.8 Å². The summed E-state index contributed by atoms with van der Waals surface area (Å²) in [5.74, 6) is -1.56. The van der Waals surface area contributed by atoms with Crippen LogP contribution in [0.15, 0.2) is 65.8 Å². The molecule has 0 spiro atoms. The van der Waals surface area contributed by atoms with E-state index in [-0.39, 0.29) is 18.7 Å². The summed E-state index contributed by atoms with van der Waals surface area (Å²) in [7, 11) is 0. The third-order valence-corrected chi connectivity index (χ3v) is 5.36. The average molecular weight is 504 g/mol. The van der Waals surface area contributed by atoms with Gasteiger partial charge in [-0.15, -0.1) is 5.10 Å². The zero-order valence-electron chi connectivity index (χ0n) is 16.9. The first kappa shape index (κ1) is 22.2. The quantitative estimate of drug-likeness (QED) is 0.364. The van der Waals surface area contributed by atoms with E-state index in [1.165, 1.54) is 23.4 Å². The Bertz CT molecular complexity index is 1180. The van der Waals surface area contributed by atoms with Crippen LogP contribution in [0.4, 0.5) is 8.78 Å². The SMILES string of the molecule is OC(CNCc1cn(Cc2cccc(Br)c2)nn1)(Cn1cncn1)c1ccc(F)cc1F. The Hall–Kier alpha value is -3.02. The summed E-state index contributed by atoms with van der Waals surface area (Å²) in [5.41, 5.74) is -0.0155. The van der Waals surface area contributed by atoms with Crippen molar-refractivity contribution in [2.75, 3.05) is 6.54 Å². The standard InChI is InChI=1S/C21H20BrF2N7O/c22-16-3-1-2-15(6-16)9-30-10-18(28-29-30)8-25-11-21(32,12-31-14-26-13-27-31)19-5-4-17(23)7-20(19)24/h1-7,10,13-14,25,32H,8-9,11-12H2. The molecule has 4 aromatic rings. The second kappa shape index (κ2) is 9.63. The van der Waals surface area contributed by atoms with Crippen molar-refractivity contribution in [3.63, 3.8) is 0 Å². The van der Waals surface area contributed by atoms with Crippen molar-refractivity contribution in [1.29, 1.82) is 0 Å². The number of halogens is 3. The monoisotopic (exact) mass is 503 g/mol. The molecule has 2 aromatic carbocycles. The third kappa shape index (κ3) is 5.42. The Kier molecular flexibility index (Phi) is 6.68. The van der Waals surface area contributed by atoms with E-state index >= 15 is 0 Å². The highest BCUT2D eigenvalue weighted by molar-refractivity contribution is 9.10. The summed E-state index contributed by atoms with van der Waals surface area (Å²) in [6.07, 6.45) is 4.53. The average Bonchev–Trinajstić information content (AvgIpc) is 3.40. The molecule has 1 atom stereocenters. The van der Waals surface area contributed by atoms with Crippen LogP contribution in [0.5, 0.6) is 0 Å². The van der Waals surface area contributed by atoms with Gasteiger partial charge in [0.1, 0.15) is 29.9 Å². The molecule has 8 nitrogen and oxygen atoms in total.